The van der Waals surface area contributed by atoms with Gasteiger partial charge in [0, 0.05) is 13.1 Å². The standard InChI is InChI=1S/C14H18N2O3/c15-12-3-1-2-4-13(12)18-9-14(17)16-7-10-5-6-11(8-16)19-10/h1-4,10-11H,5-9,15H2. The molecule has 1 amide bonds. The number of nitrogens with two attached hydrogens (primary N) is 1. The van der Waals surface area contributed by atoms with Gasteiger partial charge in [0.15, 0.2) is 6.61 Å². The van der Waals surface area contributed by atoms with Gasteiger partial charge in [0.25, 0.3) is 5.91 Å². The van der Waals surface area contributed by atoms with Gasteiger partial charge in [-0.15, -0.1) is 0 Å². The number of rotatable bonds is 3. The largest absolute Gasteiger partial charge is 0.482 e. The number of para-hydroxylation sites is 2. The molecule has 2 N–H and O–H groups in total. The minimum absolute atomic E-state index is 0.00320. The van der Waals surface area contributed by atoms with Gasteiger partial charge >= 0.3 is 0 Å². The summed E-state index contributed by atoms with van der Waals surface area (Å²) >= 11 is 0. The van der Waals surface area contributed by atoms with Gasteiger partial charge in [0.1, 0.15) is 5.75 Å². The molecule has 0 spiro atoms. The van der Waals surface area contributed by atoms with Crippen LogP contribution in [-0.4, -0.2) is 42.7 Å². The third-order valence-corrected chi connectivity index (χ3v) is 3.67. The molecule has 19 heavy (non-hydrogen) atoms. The molecule has 0 aromatic heterocycles. The van der Waals surface area contributed by atoms with Crippen LogP contribution in [0.15, 0.2) is 24.3 Å². The van der Waals surface area contributed by atoms with Gasteiger partial charge in [-0.25, -0.2) is 0 Å². The predicted molar refractivity (Wildman–Crippen MR) is 70.8 cm³/mol. The van der Waals surface area contributed by atoms with Crippen LogP contribution >= 0.6 is 0 Å². The highest BCUT2D eigenvalue weighted by molar-refractivity contribution is 5.78. The Kier molecular flexibility index (Phi) is 3.29. The van der Waals surface area contributed by atoms with Crippen LogP contribution in [0.25, 0.3) is 0 Å². The zero-order chi connectivity index (χ0) is 13.2. The molecule has 5 nitrogen and oxygen atoms in total. The molecule has 3 rings (SSSR count). The number of likely N-dealkylation sites (tertiary alicyclic amines) is 1. The number of fused-ring (bicyclic) bond motifs is 2. The van der Waals surface area contributed by atoms with E-state index in [1.165, 1.54) is 0 Å². The second-order valence-electron chi connectivity index (χ2n) is 5.08. The van der Waals surface area contributed by atoms with Crippen molar-refractivity contribution in [2.24, 2.45) is 0 Å². The molecule has 2 heterocycles. The van der Waals surface area contributed by atoms with Crippen LogP contribution in [0.4, 0.5) is 5.69 Å². The summed E-state index contributed by atoms with van der Waals surface area (Å²) in [5.74, 6) is 0.565. The molecule has 2 bridgehead atoms. The molecule has 2 aliphatic heterocycles. The second-order valence-corrected chi connectivity index (χ2v) is 5.08. The molecule has 2 atom stereocenters. The molecule has 0 radical (unpaired) electrons. The summed E-state index contributed by atoms with van der Waals surface area (Å²) in [6, 6.07) is 7.20. The average Bonchev–Trinajstić information content (AvgIpc) is 2.76. The minimum atomic E-state index is 0.00320. The third kappa shape index (κ3) is 2.66. The molecule has 2 aliphatic rings. The Bertz CT molecular complexity index is 466. The summed E-state index contributed by atoms with van der Waals surface area (Å²) in [5.41, 5.74) is 6.32. The SMILES string of the molecule is Nc1ccccc1OCC(=O)N1CC2CCC(C1)O2. The highest BCUT2D eigenvalue weighted by atomic mass is 16.5. The quantitative estimate of drug-likeness (QED) is 0.827. The number of hydrogen-bond donors (Lipinski definition) is 1. The van der Waals surface area contributed by atoms with E-state index >= 15 is 0 Å². The number of anilines is 1. The first-order valence-corrected chi connectivity index (χ1v) is 6.63. The predicted octanol–water partition coefficient (Wildman–Crippen LogP) is 1.04. The van der Waals surface area contributed by atoms with Crippen LogP contribution in [0.2, 0.25) is 0 Å². The van der Waals surface area contributed by atoms with Crippen LogP contribution in [0, 0.1) is 0 Å². The highest BCUT2D eigenvalue weighted by Crippen LogP contribution is 2.26. The first-order valence-electron chi connectivity index (χ1n) is 6.63. The van der Waals surface area contributed by atoms with Crippen LogP contribution in [0.3, 0.4) is 0 Å². The fraction of sp³-hybridized carbons (Fsp3) is 0.500. The Balaban J connectivity index is 1.56. The van der Waals surface area contributed by atoms with Crippen molar-refractivity contribution in [2.75, 3.05) is 25.4 Å². The highest BCUT2D eigenvalue weighted by Gasteiger charge is 2.35. The zero-order valence-electron chi connectivity index (χ0n) is 10.7. The molecule has 0 saturated carbocycles. The fourth-order valence-electron chi connectivity index (χ4n) is 2.66. The van der Waals surface area contributed by atoms with Gasteiger partial charge in [-0.3, -0.25) is 4.79 Å². The van der Waals surface area contributed by atoms with E-state index in [1.807, 2.05) is 17.0 Å². The van der Waals surface area contributed by atoms with Gasteiger partial charge in [0.2, 0.25) is 0 Å². The molecular formula is C14H18N2O3. The Morgan fingerprint density at radius 1 is 1.32 bits per heavy atom. The van der Waals surface area contributed by atoms with Crippen LogP contribution in [-0.2, 0) is 9.53 Å². The number of morpholine rings is 1. The molecule has 2 unspecified atom stereocenters. The maximum absolute atomic E-state index is 12.1. The van der Waals surface area contributed by atoms with Gasteiger partial charge in [-0.2, -0.15) is 0 Å². The molecule has 102 valence electrons. The molecule has 2 fully saturated rings. The molecule has 2 saturated heterocycles. The van der Waals surface area contributed by atoms with Crippen LogP contribution < -0.4 is 10.5 Å². The zero-order valence-corrected chi connectivity index (χ0v) is 10.7. The van der Waals surface area contributed by atoms with E-state index in [-0.39, 0.29) is 24.7 Å². The Labute approximate surface area is 112 Å². The molecule has 1 aromatic carbocycles. The van der Waals surface area contributed by atoms with E-state index in [4.69, 9.17) is 15.2 Å². The number of nitrogens with zero attached hydrogens (tertiary/aromatic N) is 1. The van der Waals surface area contributed by atoms with Gasteiger partial charge in [-0.05, 0) is 25.0 Å². The van der Waals surface area contributed by atoms with E-state index < -0.39 is 0 Å². The number of ether oxygens (including phenoxy) is 2. The van der Waals surface area contributed by atoms with Crippen molar-refractivity contribution in [3.63, 3.8) is 0 Å². The summed E-state index contributed by atoms with van der Waals surface area (Å²) in [5, 5.41) is 0. The number of nitrogen functional groups attached to an aromatic ring is 1. The van der Waals surface area contributed by atoms with Crippen molar-refractivity contribution in [1.82, 2.24) is 4.90 Å². The maximum atomic E-state index is 12.1. The van der Waals surface area contributed by atoms with E-state index in [0.29, 0.717) is 24.5 Å². The number of carbonyl (C=O) groups excluding carboxylic acids is 1. The Morgan fingerprint density at radius 3 is 2.68 bits per heavy atom. The number of amides is 1. The number of carbonyl (C=O) groups is 1. The monoisotopic (exact) mass is 262 g/mol. The second kappa shape index (κ2) is 5.09. The summed E-state index contributed by atoms with van der Waals surface area (Å²) in [7, 11) is 0. The lowest BCUT2D eigenvalue weighted by Crippen LogP contribution is -2.47. The Hall–Kier alpha value is -1.75. The first kappa shape index (κ1) is 12.3. The lowest BCUT2D eigenvalue weighted by atomic mass is 10.2. The molecule has 0 aliphatic carbocycles. The lowest BCUT2D eigenvalue weighted by Gasteiger charge is -2.32. The van der Waals surface area contributed by atoms with Crippen molar-refractivity contribution in [2.45, 2.75) is 25.0 Å². The van der Waals surface area contributed by atoms with Gasteiger partial charge in [0.05, 0.1) is 17.9 Å². The lowest BCUT2D eigenvalue weighted by molar-refractivity contribution is -0.141. The van der Waals surface area contributed by atoms with Gasteiger partial charge in [-0.1, -0.05) is 12.1 Å². The van der Waals surface area contributed by atoms with E-state index in [2.05, 4.69) is 0 Å². The maximum Gasteiger partial charge on any atom is 0.260 e. The average molecular weight is 262 g/mol. The van der Waals surface area contributed by atoms with Crippen molar-refractivity contribution in [3.05, 3.63) is 24.3 Å². The van der Waals surface area contributed by atoms with Crippen LogP contribution in [0.5, 0.6) is 5.75 Å². The first-order chi connectivity index (χ1) is 9.22. The summed E-state index contributed by atoms with van der Waals surface area (Å²) < 4.78 is 11.2. The molecule has 5 heteroatoms. The van der Waals surface area contributed by atoms with Crippen LogP contribution in [0.1, 0.15) is 12.8 Å². The van der Waals surface area contributed by atoms with E-state index in [1.54, 1.807) is 12.1 Å². The number of benzene rings is 1. The third-order valence-electron chi connectivity index (χ3n) is 3.67. The van der Waals surface area contributed by atoms with Crippen molar-refractivity contribution in [1.29, 1.82) is 0 Å². The summed E-state index contributed by atoms with van der Waals surface area (Å²) in [6.07, 6.45) is 2.54. The van der Waals surface area contributed by atoms with E-state index in [9.17, 15) is 4.79 Å². The van der Waals surface area contributed by atoms with Crippen molar-refractivity contribution in [3.8, 4) is 5.75 Å². The fourth-order valence-corrected chi connectivity index (χ4v) is 2.66. The molecule has 1 aromatic rings. The summed E-state index contributed by atoms with van der Waals surface area (Å²) in [4.78, 5) is 13.9. The minimum Gasteiger partial charge on any atom is -0.482 e. The Morgan fingerprint density at radius 2 is 2.00 bits per heavy atom. The van der Waals surface area contributed by atoms with Gasteiger partial charge < -0.3 is 20.1 Å². The smallest absolute Gasteiger partial charge is 0.260 e. The number of hydrogen-bond acceptors (Lipinski definition) is 4. The summed E-state index contributed by atoms with van der Waals surface area (Å²) in [6.45, 7) is 1.40. The normalized spacial score (nSPS) is 25.4. The van der Waals surface area contributed by atoms with Crippen molar-refractivity contribution < 1.29 is 14.3 Å². The van der Waals surface area contributed by atoms with E-state index in [0.717, 1.165) is 12.8 Å². The van der Waals surface area contributed by atoms with Crippen molar-refractivity contribution >= 4 is 11.6 Å². The molecular weight excluding hydrogens is 244 g/mol. The topological polar surface area (TPSA) is 64.8 Å².